The molecule has 6 aromatic rings. The number of aromatic amines is 2. The van der Waals surface area contributed by atoms with Gasteiger partial charge in [0.15, 0.2) is 0 Å². The van der Waals surface area contributed by atoms with Crippen molar-refractivity contribution in [1.29, 1.82) is 0 Å². The number of halogens is 2. The molecule has 0 radical (unpaired) electrons. The topological polar surface area (TPSA) is 70.2 Å². The fourth-order valence-electron chi connectivity index (χ4n) is 4.49. The molecule has 0 aliphatic carbocycles. The van der Waals surface area contributed by atoms with Gasteiger partial charge in [0.2, 0.25) is 0 Å². The van der Waals surface area contributed by atoms with Crippen molar-refractivity contribution in [3.05, 3.63) is 66.1 Å². The molecule has 0 atom stereocenters. The summed E-state index contributed by atoms with van der Waals surface area (Å²) in [6.07, 6.45) is 3.47. The Morgan fingerprint density at radius 3 is 2.19 bits per heavy atom. The lowest BCUT2D eigenvalue weighted by molar-refractivity contribution is 0.572. The number of imidazole rings is 1. The van der Waals surface area contributed by atoms with Gasteiger partial charge >= 0.3 is 0 Å². The van der Waals surface area contributed by atoms with E-state index in [1.807, 2.05) is 45.0 Å². The molecule has 2 N–H and O–H groups in total. The highest BCUT2D eigenvalue weighted by Gasteiger charge is 2.27. The van der Waals surface area contributed by atoms with E-state index in [0.717, 1.165) is 44.6 Å². The summed E-state index contributed by atoms with van der Waals surface area (Å²) >= 11 is 0. The van der Waals surface area contributed by atoms with Crippen LogP contribution in [-0.2, 0) is 5.41 Å². The molecule has 158 valence electrons. The molecule has 32 heavy (non-hydrogen) atoms. The largest absolute Gasteiger partial charge is 0.355 e. The summed E-state index contributed by atoms with van der Waals surface area (Å²) in [4.78, 5) is 20.6. The average molecular weight is 427 g/mol. The quantitative estimate of drug-likeness (QED) is 0.299. The molecular weight excluding hydrogens is 408 g/mol. The van der Waals surface area contributed by atoms with E-state index in [4.69, 9.17) is 4.98 Å². The Bertz CT molecular complexity index is 1620. The van der Waals surface area contributed by atoms with Crippen LogP contribution in [0.5, 0.6) is 0 Å². The molecule has 0 amide bonds. The highest BCUT2D eigenvalue weighted by molar-refractivity contribution is 6.21. The summed E-state index contributed by atoms with van der Waals surface area (Å²) in [5.41, 5.74) is 4.45. The highest BCUT2D eigenvalue weighted by atomic mass is 19.1. The third-order valence-electron chi connectivity index (χ3n) is 5.88. The van der Waals surface area contributed by atoms with Gasteiger partial charge < -0.3 is 9.97 Å². The molecule has 6 rings (SSSR count). The average Bonchev–Trinajstić information content (AvgIpc) is 3.36. The van der Waals surface area contributed by atoms with Crippen LogP contribution in [0.3, 0.4) is 0 Å². The highest BCUT2D eigenvalue weighted by Crippen LogP contribution is 2.41. The molecule has 5 nitrogen and oxygen atoms in total. The molecule has 0 aliphatic heterocycles. The standard InChI is InChI=1S/C25H19F2N5/c1-25(2,3)23-17(15-10-12(26)11-16(27)18(15)30-23)24-31-21-13-6-4-8-28-19(13)20-14(22(21)32-24)7-5-9-29-20/h4-11,30H,1-3H3,(H,31,32). The normalized spacial score (nSPS) is 12.5. The zero-order valence-electron chi connectivity index (χ0n) is 17.7. The van der Waals surface area contributed by atoms with Crippen LogP contribution in [0.4, 0.5) is 8.78 Å². The molecule has 0 aliphatic rings. The number of hydrogen-bond acceptors (Lipinski definition) is 3. The summed E-state index contributed by atoms with van der Waals surface area (Å²) in [5, 5.41) is 2.21. The maximum Gasteiger partial charge on any atom is 0.150 e. The molecule has 0 spiro atoms. The summed E-state index contributed by atoms with van der Waals surface area (Å²) in [7, 11) is 0. The lowest BCUT2D eigenvalue weighted by Gasteiger charge is -2.18. The van der Waals surface area contributed by atoms with E-state index in [1.165, 1.54) is 6.07 Å². The van der Waals surface area contributed by atoms with Crippen LogP contribution >= 0.6 is 0 Å². The fourth-order valence-corrected chi connectivity index (χ4v) is 4.49. The van der Waals surface area contributed by atoms with Crippen molar-refractivity contribution in [2.75, 3.05) is 0 Å². The minimum atomic E-state index is -0.629. The number of H-pyrrole nitrogens is 2. The molecule has 0 saturated heterocycles. The van der Waals surface area contributed by atoms with Gasteiger partial charge in [0.25, 0.3) is 0 Å². The van der Waals surface area contributed by atoms with Crippen molar-refractivity contribution in [2.45, 2.75) is 26.2 Å². The molecule has 7 heteroatoms. The Hall–Kier alpha value is -3.87. The van der Waals surface area contributed by atoms with Crippen molar-refractivity contribution in [3.8, 4) is 11.4 Å². The van der Waals surface area contributed by atoms with E-state index in [-0.39, 0.29) is 10.9 Å². The van der Waals surface area contributed by atoms with Crippen molar-refractivity contribution in [1.82, 2.24) is 24.9 Å². The predicted molar refractivity (Wildman–Crippen MR) is 123 cm³/mol. The third-order valence-corrected chi connectivity index (χ3v) is 5.88. The zero-order valence-corrected chi connectivity index (χ0v) is 17.7. The van der Waals surface area contributed by atoms with E-state index < -0.39 is 11.6 Å². The SMILES string of the molecule is CC(C)(C)c1[nH]c2c(F)cc(F)cc2c1-c1nc2c3cccnc3c3ncccc3c2[nH]1. The first-order valence-corrected chi connectivity index (χ1v) is 10.4. The zero-order chi connectivity index (χ0) is 22.2. The minimum Gasteiger partial charge on any atom is -0.355 e. The molecule has 0 saturated carbocycles. The first kappa shape index (κ1) is 18.9. The monoisotopic (exact) mass is 427 g/mol. The van der Waals surface area contributed by atoms with Gasteiger partial charge in [0.1, 0.15) is 17.5 Å². The van der Waals surface area contributed by atoms with Crippen LogP contribution in [0.25, 0.3) is 55.1 Å². The number of pyridine rings is 2. The summed E-state index contributed by atoms with van der Waals surface area (Å²) in [6.45, 7) is 6.07. The van der Waals surface area contributed by atoms with E-state index in [1.54, 1.807) is 12.4 Å². The van der Waals surface area contributed by atoms with Gasteiger partial charge in [-0.25, -0.2) is 13.8 Å². The number of rotatable bonds is 1. The van der Waals surface area contributed by atoms with Crippen LogP contribution in [0.2, 0.25) is 0 Å². The smallest absolute Gasteiger partial charge is 0.150 e. The van der Waals surface area contributed by atoms with Crippen LogP contribution < -0.4 is 0 Å². The Balaban J connectivity index is 1.79. The predicted octanol–water partition coefficient (Wildman–Crippen LogP) is 6.38. The number of aromatic nitrogens is 5. The number of benzene rings is 2. The van der Waals surface area contributed by atoms with E-state index in [2.05, 4.69) is 19.9 Å². The van der Waals surface area contributed by atoms with Crippen molar-refractivity contribution >= 4 is 43.7 Å². The number of fused-ring (bicyclic) bond motifs is 7. The maximum atomic E-state index is 14.6. The molecule has 4 heterocycles. The van der Waals surface area contributed by atoms with Crippen LogP contribution in [0.15, 0.2) is 48.8 Å². The first-order valence-electron chi connectivity index (χ1n) is 10.4. The van der Waals surface area contributed by atoms with Gasteiger partial charge in [0, 0.05) is 51.3 Å². The van der Waals surface area contributed by atoms with Gasteiger partial charge in [-0.3, -0.25) is 9.97 Å². The minimum absolute atomic E-state index is 0.268. The number of nitrogens with one attached hydrogen (secondary N) is 2. The van der Waals surface area contributed by atoms with Crippen LogP contribution in [0.1, 0.15) is 26.5 Å². The summed E-state index contributed by atoms with van der Waals surface area (Å²) < 4.78 is 28.9. The molecule has 2 aromatic carbocycles. The van der Waals surface area contributed by atoms with Crippen LogP contribution in [-0.4, -0.2) is 24.9 Å². The van der Waals surface area contributed by atoms with Gasteiger partial charge in [-0.1, -0.05) is 20.8 Å². The third kappa shape index (κ3) is 2.57. The van der Waals surface area contributed by atoms with Crippen molar-refractivity contribution in [2.24, 2.45) is 0 Å². The Labute approximate surface area is 181 Å². The molecule has 0 fully saturated rings. The Morgan fingerprint density at radius 2 is 1.47 bits per heavy atom. The Kier molecular flexibility index (Phi) is 3.73. The number of nitrogens with zero attached hydrogens (tertiary/aromatic N) is 3. The summed E-state index contributed by atoms with van der Waals surface area (Å²) in [5.74, 6) is -0.712. The lowest BCUT2D eigenvalue weighted by Crippen LogP contribution is -2.13. The second-order valence-corrected chi connectivity index (χ2v) is 9.04. The fraction of sp³-hybridized carbons (Fsp3) is 0.160. The van der Waals surface area contributed by atoms with Gasteiger partial charge in [0.05, 0.1) is 27.6 Å². The van der Waals surface area contributed by atoms with E-state index >= 15 is 0 Å². The first-order chi connectivity index (χ1) is 15.3. The van der Waals surface area contributed by atoms with Gasteiger partial charge in [-0.2, -0.15) is 0 Å². The van der Waals surface area contributed by atoms with Crippen molar-refractivity contribution in [3.63, 3.8) is 0 Å². The van der Waals surface area contributed by atoms with E-state index in [9.17, 15) is 8.78 Å². The van der Waals surface area contributed by atoms with Gasteiger partial charge in [-0.05, 0) is 30.3 Å². The maximum absolute atomic E-state index is 14.6. The second kappa shape index (κ2) is 6.32. The van der Waals surface area contributed by atoms with E-state index in [0.29, 0.717) is 16.8 Å². The number of hydrogen-bond donors (Lipinski definition) is 2. The molecule has 0 bridgehead atoms. The van der Waals surface area contributed by atoms with Gasteiger partial charge in [-0.15, -0.1) is 0 Å². The molecule has 0 unspecified atom stereocenters. The van der Waals surface area contributed by atoms with Crippen LogP contribution in [0, 0.1) is 11.6 Å². The lowest BCUT2D eigenvalue weighted by atomic mass is 9.88. The summed E-state index contributed by atoms with van der Waals surface area (Å²) in [6, 6.07) is 9.91. The molecular formula is C25H19F2N5. The van der Waals surface area contributed by atoms with Crippen molar-refractivity contribution < 1.29 is 8.78 Å². The molecule has 4 aromatic heterocycles. The Morgan fingerprint density at radius 1 is 0.781 bits per heavy atom. The second-order valence-electron chi connectivity index (χ2n) is 9.04.